The summed E-state index contributed by atoms with van der Waals surface area (Å²) in [5.41, 5.74) is 1.07. The number of pyridine rings is 1. The zero-order valence-electron chi connectivity index (χ0n) is 19.9. The molecule has 0 saturated heterocycles. The van der Waals surface area contributed by atoms with Crippen molar-refractivity contribution in [3.63, 3.8) is 0 Å². The van der Waals surface area contributed by atoms with Gasteiger partial charge in [-0.25, -0.2) is 14.1 Å². The summed E-state index contributed by atoms with van der Waals surface area (Å²) in [6, 6.07) is 2.79. The topological polar surface area (TPSA) is 172 Å². The molecule has 4 aromatic heterocycles. The number of nitrogens with zero attached hydrogens (tertiary/aromatic N) is 6. The molecular weight excluding hydrogens is 540 g/mol. The second kappa shape index (κ2) is 10.8. The van der Waals surface area contributed by atoms with Crippen LogP contribution in [-0.2, 0) is 20.6 Å². The van der Waals surface area contributed by atoms with E-state index in [1.54, 1.807) is 10.9 Å². The normalized spacial score (nSPS) is 17.4. The van der Waals surface area contributed by atoms with E-state index in [9.17, 15) is 23.5 Å². The predicted octanol–water partition coefficient (Wildman–Crippen LogP) is 2.20. The predicted molar refractivity (Wildman–Crippen MR) is 129 cm³/mol. The summed E-state index contributed by atoms with van der Waals surface area (Å²) in [6.45, 7) is 1.98. The Kier molecular flexibility index (Phi) is 7.47. The molecule has 1 fully saturated rings. The number of hydrogen-bond acceptors (Lipinski definition) is 11. The fourth-order valence-electron chi connectivity index (χ4n) is 3.90. The summed E-state index contributed by atoms with van der Waals surface area (Å²) in [7, 11) is -5.14. The fraction of sp³-hybridized carbons (Fsp3) is 0.318. The number of anilines is 1. The molecule has 1 aliphatic rings. The lowest BCUT2D eigenvalue weighted by Gasteiger charge is -2.34. The van der Waals surface area contributed by atoms with Crippen molar-refractivity contribution in [2.45, 2.75) is 38.6 Å². The molecule has 16 heteroatoms. The van der Waals surface area contributed by atoms with Gasteiger partial charge in [0.15, 0.2) is 5.82 Å². The van der Waals surface area contributed by atoms with Crippen molar-refractivity contribution in [2.24, 2.45) is 0 Å². The van der Waals surface area contributed by atoms with Crippen molar-refractivity contribution < 1.29 is 32.8 Å². The number of carbonyl (C=O) groups is 1. The van der Waals surface area contributed by atoms with Crippen molar-refractivity contribution in [2.75, 3.05) is 11.9 Å². The molecule has 1 aliphatic carbocycles. The Morgan fingerprint density at radius 1 is 1.32 bits per heavy atom. The van der Waals surface area contributed by atoms with E-state index in [-0.39, 0.29) is 34.9 Å². The number of phosphoric ester groups is 1. The molecule has 0 aromatic carbocycles. The van der Waals surface area contributed by atoms with E-state index in [4.69, 9.17) is 4.74 Å². The first kappa shape index (κ1) is 26.3. The molecule has 13 nitrogen and oxygen atoms in total. The smallest absolute Gasteiger partial charge is 0.275 e. The van der Waals surface area contributed by atoms with Crippen LogP contribution in [0.5, 0.6) is 0 Å². The highest BCUT2D eigenvalue weighted by atomic mass is 32.1. The quantitative estimate of drug-likeness (QED) is 0.283. The number of carbonyl (C=O) groups excluding carboxylic acids is 1. The van der Waals surface area contributed by atoms with Crippen molar-refractivity contribution in [3.8, 4) is 22.0 Å². The molecule has 0 spiro atoms. The molecule has 1 amide bonds. The van der Waals surface area contributed by atoms with Crippen molar-refractivity contribution in [1.82, 2.24) is 29.5 Å². The number of halogens is 1. The zero-order valence-corrected chi connectivity index (χ0v) is 21.6. The molecule has 0 bridgehead atoms. The maximum absolute atomic E-state index is 14.6. The highest BCUT2D eigenvalue weighted by Gasteiger charge is 2.33. The highest BCUT2D eigenvalue weighted by Crippen LogP contribution is 2.37. The van der Waals surface area contributed by atoms with Gasteiger partial charge in [-0.15, -0.1) is 11.3 Å². The average molecular weight is 561 g/mol. The highest BCUT2D eigenvalue weighted by molar-refractivity contribution is 7.43. The summed E-state index contributed by atoms with van der Waals surface area (Å²) < 4.78 is 37.9. The van der Waals surface area contributed by atoms with Gasteiger partial charge in [0.1, 0.15) is 28.8 Å². The third-order valence-electron chi connectivity index (χ3n) is 5.77. The van der Waals surface area contributed by atoms with Gasteiger partial charge in [-0.3, -0.25) is 14.5 Å². The number of phosphoric acid groups is 1. The molecule has 200 valence electrons. The number of rotatable bonds is 10. The van der Waals surface area contributed by atoms with Gasteiger partial charge in [-0.2, -0.15) is 10.2 Å². The lowest BCUT2D eigenvalue weighted by molar-refractivity contribution is -0.344. The van der Waals surface area contributed by atoms with Crippen LogP contribution in [0.25, 0.3) is 22.0 Å². The van der Waals surface area contributed by atoms with Gasteiger partial charge < -0.3 is 28.9 Å². The summed E-state index contributed by atoms with van der Waals surface area (Å²) in [4.78, 5) is 42.8. The van der Waals surface area contributed by atoms with Gasteiger partial charge in [0.25, 0.3) is 5.91 Å². The Morgan fingerprint density at radius 3 is 2.87 bits per heavy atom. The average Bonchev–Trinajstić information content (AvgIpc) is 3.59. The standard InChI is InChI=1S/C22H23FN7O6PS/c1-2-35-15-6-14(7-15)30-10-17(20(28-30)19-16(23)4-3-5-24-19)26-21(31)18-11-38-22(27-18)13-8-25-29(9-13)12-36-37(32,33)34/h3-5,8-11,14-15H,2,6-7,12H2,1H3,(H,26,31)(H2,32,33,34)/p-2. The van der Waals surface area contributed by atoms with Gasteiger partial charge in [-0.05, 0) is 31.9 Å². The molecule has 38 heavy (non-hydrogen) atoms. The summed E-state index contributed by atoms with van der Waals surface area (Å²) in [6.07, 6.45) is 7.56. The molecule has 4 heterocycles. The molecular formula is C22H21FN7O6PS-2. The van der Waals surface area contributed by atoms with Gasteiger partial charge in [0, 0.05) is 36.1 Å². The SMILES string of the molecule is CCOC1CC(n2cc(NC(=O)c3csc(-c4cnn(COP(=O)([O-])[O-])c4)n3)c(-c3ncccc3F)n2)C1. The van der Waals surface area contributed by atoms with E-state index >= 15 is 0 Å². The van der Waals surface area contributed by atoms with Gasteiger partial charge in [0.05, 0.1) is 31.9 Å². The van der Waals surface area contributed by atoms with E-state index in [1.807, 2.05) is 6.92 Å². The summed E-state index contributed by atoms with van der Waals surface area (Å²) >= 11 is 1.16. The number of amides is 1. The Balaban J connectivity index is 1.34. The van der Waals surface area contributed by atoms with Crippen LogP contribution in [0.15, 0.2) is 42.3 Å². The largest absolute Gasteiger partial charge is 0.790 e. The minimum atomic E-state index is -5.14. The van der Waals surface area contributed by atoms with Crippen molar-refractivity contribution in [3.05, 3.63) is 53.8 Å². The Labute approximate surface area is 219 Å². The van der Waals surface area contributed by atoms with Crippen LogP contribution in [-0.4, -0.2) is 48.1 Å². The van der Waals surface area contributed by atoms with E-state index < -0.39 is 26.3 Å². The van der Waals surface area contributed by atoms with Gasteiger partial charge >= 0.3 is 0 Å². The Hall–Kier alpha value is -3.33. The molecule has 5 rings (SSSR count). The van der Waals surface area contributed by atoms with Crippen LogP contribution < -0.4 is 15.1 Å². The number of nitrogens with one attached hydrogen (secondary N) is 1. The number of ether oxygens (including phenoxy) is 1. The third-order valence-corrected chi connectivity index (χ3v) is 7.10. The maximum atomic E-state index is 14.6. The minimum absolute atomic E-state index is 0.0107. The number of thiazole rings is 1. The summed E-state index contributed by atoms with van der Waals surface area (Å²) in [5.74, 6) is -1.11. The molecule has 0 aliphatic heterocycles. The zero-order chi connectivity index (χ0) is 26.9. The van der Waals surface area contributed by atoms with Crippen LogP contribution >= 0.6 is 19.2 Å². The Bertz CT molecular complexity index is 1490. The van der Waals surface area contributed by atoms with E-state index in [2.05, 4.69) is 30.0 Å². The number of hydrogen-bond donors (Lipinski definition) is 1. The summed E-state index contributed by atoms with van der Waals surface area (Å²) in [5, 5.41) is 13.2. The third kappa shape index (κ3) is 5.88. The molecule has 4 aromatic rings. The van der Waals surface area contributed by atoms with E-state index in [0.29, 0.717) is 17.2 Å². The minimum Gasteiger partial charge on any atom is -0.790 e. The van der Waals surface area contributed by atoms with Gasteiger partial charge in [-0.1, -0.05) is 0 Å². The Morgan fingerprint density at radius 2 is 2.13 bits per heavy atom. The van der Waals surface area contributed by atoms with Crippen LogP contribution in [0.2, 0.25) is 0 Å². The van der Waals surface area contributed by atoms with Crippen LogP contribution in [0.4, 0.5) is 10.1 Å². The molecule has 0 radical (unpaired) electrons. The fourth-order valence-corrected chi connectivity index (χ4v) is 4.94. The molecule has 0 atom stereocenters. The van der Waals surface area contributed by atoms with Crippen LogP contribution in [0, 0.1) is 5.82 Å². The number of aromatic nitrogens is 6. The lowest BCUT2D eigenvalue weighted by atomic mass is 9.89. The first-order chi connectivity index (χ1) is 18.2. The molecule has 1 N–H and O–H groups in total. The molecule has 1 saturated carbocycles. The first-order valence-electron chi connectivity index (χ1n) is 11.5. The molecule has 0 unspecified atom stereocenters. The van der Waals surface area contributed by atoms with Crippen LogP contribution in [0.1, 0.15) is 36.3 Å². The van der Waals surface area contributed by atoms with Crippen molar-refractivity contribution >= 4 is 30.8 Å². The van der Waals surface area contributed by atoms with Crippen molar-refractivity contribution in [1.29, 1.82) is 0 Å². The van der Waals surface area contributed by atoms with E-state index in [0.717, 1.165) is 28.9 Å². The second-order valence-electron chi connectivity index (χ2n) is 8.37. The first-order valence-corrected chi connectivity index (χ1v) is 13.8. The van der Waals surface area contributed by atoms with E-state index in [1.165, 1.54) is 36.1 Å². The lowest BCUT2D eigenvalue weighted by Crippen LogP contribution is -2.33. The van der Waals surface area contributed by atoms with Crippen LogP contribution in [0.3, 0.4) is 0 Å². The second-order valence-corrected chi connectivity index (χ2v) is 10.4. The maximum Gasteiger partial charge on any atom is 0.275 e. The monoisotopic (exact) mass is 561 g/mol. The van der Waals surface area contributed by atoms with Gasteiger partial charge in [0.2, 0.25) is 0 Å².